The number of aromatic nitrogens is 1. The van der Waals surface area contributed by atoms with Gasteiger partial charge in [0.25, 0.3) is 5.82 Å². The van der Waals surface area contributed by atoms with Crippen molar-refractivity contribution in [1.82, 2.24) is 0 Å². The summed E-state index contributed by atoms with van der Waals surface area (Å²) in [6.07, 6.45) is 4.30. The molecular weight excluding hydrogens is 267 g/mol. The zero-order valence-corrected chi connectivity index (χ0v) is 14.1. The van der Waals surface area contributed by atoms with Gasteiger partial charge in [-0.15, -0.1) is 0 Å². The van der Waals surface area contributed by atoms with Gasteiger partial charge in [-0.2, -0.15) is 0 Å². The first-order valence-corrected chi connectivity index (χ1v) is 7.85. The number of hydrogen-bond acceptors (Lipinski definition) is 1. The Morgan fingerprint density at radius 2 is 1.95 bits per heavy atom. The van der Waals surface area contributed by atoms with E-state index in [-0.39, 0.29) is 6.85 Å². The first-order valence-electron chi connectivity index (χ1n) is 8.35. The second-order valence-corrected chi connectivity index (χ2v) is 6.35. The molecule has 3 heteroatoms. The van der Waals surface area contributed by atoms with Crippen LogP contribution in [0.4, 0.5) is 5.82 Å². The van der Waals surface area contributed by atoms with Crippen LogP contribution in [0.3, 0.4) is 0 Å². The zero-order valence-electron chi connectivity index (χ0n) is 15.1. The monoisotopic (exact) mass is 292 g/mol. The van der Waals surface area contributed by atoms with Crippen LogP contribution in [0.2, 0.25) is 6.82 Å². The average Bonchev–Trinajstić information content (AvgIpc) is 2.48. The van der Waals surface area contributed by atoms with E-state index in [0.717, 1.165) is 11.4 Å². The maximum atomic E-state index is 8.33. The van der Waals surface area contributed by atoms with Gasteiger partial charge in [0.05, 0.1) is 18.9 Å². The van der Waals surface area contributed by atoms with Gasteiger partial charge in [0.15, 0.2) is 0 Å². The van der Waals surface area contributed by atoms with Gasteiger partial charge in [-0.05, 0) is 48.4 Å². The summed E-state index contributed by atoms with van der Waals surface area (Å²) in [6, 6.07) is 12.8. The van der Waals surface area contributed by atoms with E-state index in [1.54, 1.807) is 0 Å². The molecule has 0 saturated carbocycles. The van der Waals surface area contributed by atoms with Crippen molar-refractivity contribution in [2.75, 3.05) is 4.81 Å². The molecule has 0 fully saturated rings. The minimum atomic E-state index is -0.600. The number of pyridine rings is 1. The van der Waals surface area contributed by atoms with E-state index in [1.165, 1.54) is 16.7 Å². The molecule has 0 atom stereocenters. The Kier molecular flexibility index (Phi) is 3.49. The smallest absolute Gasteiger partial charge is 0.290 e. The maximum Gasteiger partial charge on any atom is 0.409 e. The van der Waals surface area contributed by atoms with Crippen molar-refractivity contribution in [1.29, 1.82) is 0 Å². The highest BCUT2D eigenvalue weighted by Gasteiger charge is 2.36. The van der Waals surface area contributed by atoms with E-state index in [2.05, 4.69) is 72.8 Å². The molecule has 0 bridgehead atoms. The number of allylic oxidation sites excluding steroid dienone is 1. The Morgan fingerprint density at radius 1 is 1.23 bits per heavy atom. The molecule has 0 amide bonds. The van der Waals surface area contributed by atoms with Crippen molar-refractivity contribution < 1.29 is 5.94 Å². The van der Waals surface area contributed by atoms with E-state index >= 15 is 0 Å². The predicted octanol–water partition coefficient (Wildman–Crippen LogP) is 3.34. The first-order chi connectivity index (χ1) is 10.8. The van der Waals surface area contributed by atoms with Gasteiger partial charge in [-0.1, -0.05) is 38.1 Å². The summed E-state index contributed by atoms with van der Waals surface area (Å²) < 4.78 is 10.5. The van der Waals surface area contributed by atoms with Crippen LogP contribution in [0.1, 0.15) is 39.2 Å². The van der Waals surface area contributed by atoms with Gasteiger partial charge in [-0.25, -0.2) is 4.57 Å². The third kappa shape index (κ3) is 2.45. The van der Waals surface area contributed by atoms with Gasteiger partial charge in [0.1, 0.15) is 0 Å². The van der Waals surface area contributed by atoms with E-state index < -0.39 is 5.89 Å². The van der Waals surface area contributed by atoms with Crippen LogP contribution in [-0.4, -0.2) is 6.85 Å². The summed E-state index contributed by atoms with van der Waals surface area (Å²) in [5, 5.41) is 0. The Morgan fingerprint density at radius 3 is 2.68 bits per heavy atom. The van der Waals surface area contributed by atoms with Gasteiger partial charge in [-0.3, -0.25) is 4.81 Å². The molecule has 112 valence electrons. The molecule has 0 spiro atoms. The number of benzene rings is 1. The van der Waals surface area contributed by atoms with Crippen molar-refractivity contribution in [3.63, 3.8) is 0 Å². The van der Waals surface area contributed by atoms with E-state index in [4.69, 9.17) is 1.37 Å². The minimum Gasteiger partial charge on any atom is -0.290 e. The van der Waals surface area contributed by atoms with Crippen LogP contribution < -0.4 is 14.8 Å². The lowest BCUT2D eigenvalue weighted by molar-refractivity contribution is -0.658. The van der Waals surface area contributed by atoms with Gasteiger partial charge in [0, 0.05) is 7.44 Å². The summed E-state index contributed by atoms with van der Waals surface area (Å²) >= 11 is 0. The summed E-state index contributed by atoms with van der Waals surface area (Å²) in [5.41, 5.74) is 4.90. The summed E-state index contributed by atoms with van der Waals surface area (Å²) in [6.45, 7) is 8.54. The molecule has 2 heterocycles. The van der Waals surface area contributed by atoms with Crippen LogP contribution in [0, 0.1) is 0 Å². The molecule has 1 aliphatic rings. The fourth-order valence-electron chi connectivity index (χ4n) is 3.25. The molecule has 0 unspecified atom stereocenters. The van der Waals surface area contributed by atoms with E-state index in [0.29, 0.717) is 0 Å². The van der Waals surface area contributed by atoms with Crippen LogP contribution in [0.15, 0.2) is 48.3 Å². The highest BCUT2D eigenvalue weighted by Crippen LogP contribution is 2.25. The largest absolute Gasteiger partial charge is 0.409 e. The molecule has 0 radical (unpaired) electrons. The fourth-order valence-corrected chi connectivity index (χ4v) is 3.25. The van der Waals surface area contributed by atoms with Gasteiger partial charge in [0.2, 0.25) is 0 Å². The quantitative estimate of drug-likeness (QED) is 0.608. The topological polar surface area (TPSA) is 7.12 Å². The Labute approximate surface area is 135 Å². The number of aryl methyl sites for hydroxylation is 1. The molecule has 0 N–H and O–H groups in total. The van der Waals surface area contributed by atoms with Gasteiger partial charge >= 0.3 is 6.85 Å². The number of fused-ring (bicyclic) bond motifs is 1. The Balaban J connectivity index is 2.13. The number of nitrogens with zero attached hydrogens (tertiary/aromatic N) is 2. The lowest BCUT2D eigenvalue weighted by Crippen LogP contribution is -2.53. The summed E-state index contributed by atoms with van der Waals surface area (Å²) in [4.78, 5) is 2.36. The lowest BCUT2D eigenvalue weighted by atomic mass is 9.53. The third-order valence-corrected chi connectivity index (χ3v) is 4.53. The second-order valence-electron chi connectivity index (χ2n) is 6.35. The normalized spacial score (nSPS) is 15.3. The molecule has 2 nitrogen and oxygen atoms in total. The van der Waals surface area contributed by atoms with Crippen LogP contribution in [-0.2, 0) is 7.05 Å². The highest BCUT2D eigenvalue weighted by molar-refractivity contribution is 6.77. The standard InChI is InChI=1S/C19H24BN2/c1-14(2)16-10-11-21(5)19(13-16)22-15(3)12-17-8-6-7-9-18(17)20(22)4/h6-14H,1-5H3/q+1/i14D. The number of anilines is 1. The average molecular weight is 292 g/mol. The summed E-state index contributed by atoms with van der Waals surface area (Å²) in [7, 11) is 2.07. The SMILES string of the molecule is [2H]C(C)(C)c1cc[n+](C)c(N2B(C)c3ccccc3C=C2C)c1. The Bertz CT molecular complexity index is 777. The molecule has 1 aliphatic heterocycles. The number of rotatable bonds is 2. The summed E-state index contributed by atoms with van der Waals surface area (Å²) in [5.74, 6) is 0.524. The van der Waals surface area contributed by atoms with Crippen molar-refractivity contribution in [2.24, 2.45) is 7.05 Å². The molecule has 1 aromatic carbocycles. The zero-order chi connectivity index (χ0) is 16.8. The van der Waals surface area contributed by atoms with Crippen LogP contribution >= 0.6 is 0 Å². The van der Waals surface area contributed by atoms with Crippen molar-refractivity contribution in [3.8, 4) is 0 Å². The molecule has 1 aromatic heterocycles. The molecule has 0 aliphatic carbocycles. The fraction of sp³-hybridized carbons (Fsp3) is 0.316. The maximum absolute atomic E-state index is 8.33. The van der Waals surface area contributed by atoms with Crippen molar-refractivity contribution in [3.05, 3.63) is 59.4 Å². The van der Waals surface area contributed by atoms with Crippen LogP contribution in [0.5, 0.6) is 0 Å². The third-order valence-electron chi connectivity index (χ3n) is 4.53. The molecule has 0 saturated heterocycles. The van der Waals surface area contributed by atoms with Crippen LogP contribution in [0.25, 0.3) is 6.08 Å². The van der Waals surface area contributed by atoms with E-state index in [1.807, 2.05) is 19.9 Å². The second kappa shape index (κ2) is 5.64. The molecule has 3 rings (SSSR count). The van der Waals surface area contributed by atoms with Crippen molar-refractivity contribution in [2.45, 2.75) is 33.5 Å². The Hall–Kier alpha value is -2.03. The lowest BCUT2D eigenvalue weighted by Gasteiger charge is -2.28. The molecule has 22 heavy (non-hydrogen) atoms. The van der Waals surface area contributed by atoms with Gasteiger partial charge < -0.3 is 0 Å². The van der Waals surface area contributed by atoms with E-state index in [9.17, 15) is 0 Å². The first kappa shape index (κ1) is 13.6. The highest BCUT2D eigenvalue weighted by atomic mass is 15.2. The number of hydrogen-bond donors (Lipinski definition) is 0. The molecular formula is C19H24BN2+. The molecule has 2 aromatic rings. The van der Waals surface area contributed by atoms with Crippen molar-refractivity contribution >= 4 is 24.2 Å². The predicted molar refractivity (Wildman–Crippen MR) is 95.5 cm³/mol. The minimum absolute atomic E-state index is 0.270.